The number of hydrogen-bond acceptors (Lipinski definition) is 4. The van der Waals surface area contributed by atoms with Gasteiger partial charge in [0.15, 0.2) is 11.6 Å². The van der Waals surface area contributed by atoms with Crippen LogP contribution in [-0.4, -0.2) is 21.7 Å². The van der Waals surface area contributed by atoms with Crippen LogP contribution in [0.3, 0.4) is 0 Å². The van der Waals surface area contributed by atoms with Crippen molar-refractivity contribution in [3.8, 4) is 0 Å². The van der Waals surface area contributed by atoms with Gasteiger partial charge in [-0.05, 0) is 26.0 Å². The maximum absolute atomic E-state index is 9.98. The van der Waals surface area contributed by atoms with E-state index in [0.29, 0.717) is 0 Å². The zero-order chi connectivity index (χ0) is 11.7. The Hall–Kier alpha value is -1.41. The van der Waals surface area contributed by atoms with E-state index in [2.05, 4.69) is 0 Å². The molecule has 80 valence electrons. The van der Waals surface area contributed by atoms with Crippen LogP contribution in [0.2, 0.25) is 0 Å². The fourth-order valence-electron chi connectivity index (χ4n) is 0.572. The molecule has 0 saturated carbocycles. The van der Waals surface area contributed by atoms with Crippen LogP contribution in [0.25, 0.3) is 0 Å². The zero-order valence-electron chi connectivity index (χ0n) is 9.49. The van der Waals surface area contributed by atoms with Crippen molar-refractivity contribution in [1.82, 2.24) is 0 Å². The van der Waals surface area contributed by atoms with Crippen LogP contribution in [0, 0.1) is 0 Å². The number of hydrogen-bond donors (Lipinski definition) is 0. The van der Waals surface area contributed by atoms with Crippen LogP contribution < -0.4 is 10.2 Å². The van der Waals surface area contributed by atoms with Crippen LogP contribution in [0.4, 0.5) is 0 Å². The van der Waals surface area contributed by atoms with Gasteiger partial charge in [-0.25, -0.2) is 0 Å². The largest absolute Gasteiger partial charge is 2.00 e. The fraction of sp³-hybridized carbons (Fsp3) is 0.400. The van der Waals surface area contributed by atoms with Gasteiger partial charge in [-0.3, -0.25) is 9.59 Å². The molecule has 0 aliphatic rings. The summed E-state index contributed by atoms with van der Waals surface area (Å²) in [5.41, 5.74) is 0. The minimum absolute atomic E-state index is 0. The van der Waals surface area contributed by atoms with Crippen LogP contribution in [-0.2, 0) is 9.59 Å². The first-order valence-electron chi connectivity index (χ1n) is 3.97. The summed E-state index contributed by atoms with van der Waals surface area (Å²) in [4.78, 5) is 20.0. The van der Waals surface area contributed by atoms with Gasteiger partial charge >= 0.3 is 10.1 Å². The fourth-order valence-corrected chi connectivity index (χ4v) is 0.572. The molecule has 0 spiro atoms. The first kappa shape index (κ1) is 19.2. The zero-order valence-corrected chi connectivity index (χ0v) is 9.49. The maximum Gasteiger partial charge on any atom is 2.00 e. The average Bonchev–Trinajstić information content (AvgIpc) is 1.79. The predicted octanol–water partition coefficient (Wildman–Crippen LogP) is -0.702. The topological polar surface area (TPSA) is 80.3 Å². The van der Waals surface area contributed by atoms with Gasteiger partial charge in [-0.15, -0.1) is 11.5 Å². The van der Waals surface area contributed by atoms with Crippen molar-refractivity contribution in [1.29, 1.82) is 0 Å². The Kier molecular flexibility index (Phi) is 13.7. The molecule has 0 radical (unpaired) electrons. The van der Waals surface area contributed by atoms with E-state index in [-0.39, 0.29) is 33.2 Å². The molecule has 0 aliphatic heterocycles. The summed E-state index contributed by atoms with van der Waals surface area (Å²) in [6, 6.07) is 0. The number of carbonyl (C=O) groups is 2. The first-order valence-corrected chi connectivity index (χ1v) is 3.97. The number of rotatable bonds is 2. The Morgan fingerprint density at radius 2 is 1.00 bits per heavy atom. The molecule has 0 unspecified atom stereocenters. The molecule has 5 heteroatoms. The summed E-state index contributed by atoms with van der Waals surface area (Å²) in [5, 5.41) is 20.0. The van der Waals surface area contributed by atoms with Crippen molar-refractivity contribution < 1.29 is 19.8 Å². The third-order valence-corrected chi connectivity index (χ3v) is 0.813. The molecular weight excluding hydrogens is 193 g/mol. The minimum atomic E-state index is -0.187. The van der Waals surface area contributed by atoms with Crippen molar-refractivity contribution in [3.63, 3.8) is 0 Å². The maximum atomic E-state index is 9.98. The molecular formula is C10H14BeO4. The monoisotopic (exact) mass is 207 g/mol. The SMILES string of the molecule is CC(=O)C=C(C)[O-].CC(=O)C=C(C)[O-].[Be+2]. The molecule has 0 aromatic rings. The van der Waals surface area contributed by atoms with Gasteiger partial charge in [0.05, 0.1) is 0 Å². The summed E-state index contributed by atoms with van der Waals surface area (Å²) in [7, 11) is 0. The van der Waals surface area contributed by atoms with E-state index >= 15 is 0 Å². The Morgan fingerprint density at radius 1 is 0.800 bits per heavy atom. The smallest absolute Gasteiger partial charge is 0.876 e. The molecule has 4 nitrogen and oxygen atoms in total. The van der Waals surface area contributed by atoms with E-state index in [1.165, 1.54) is 27.7 Å². The third kappa shape index (κ3) is 32.5. The quantitative estimate of drug-likeness (QED) is 0.340. The molecule has 0 amide bonds. The summed E-state index contributed by atoms with van der Waals surface area (Å²) in [6.45, 7) is 5.39. The summed E-state index contributed by atoms with van der Waals surface area (Å²) >= 11 is 0. The molecule has 0 fully saturated rings. The van der Waals surface area contributed by atoms with Gasteiger partial charge in [0.1, 0.15) is 0 Å². The molecule has 0 aromatic heterocycles. The molecule has 0 atom stereocenters. The second-order valence-corrected chi connectivity index (χ2v) is 2.73. The van der Waals surface area contributed by atoms with E-state index in [1.807, 2.05) is 0 Å². The van der Waals surface area contributed by atoms with Crippen molar-refractivity contribution >= 4 is 21.7 Å². The molecule has 15 heavy (non-hydrogen) atoms. The molecule has 0 aliphatic carbocycles. The first-order chi connectivity index (χ1) is 6.25. The number of ketones is 2. The molecule has 0 saturated heterocycles. The van der Waals surface area contributed by atoms with Gasteiger partial charge in [-0.1, -0.05) is 13.8 Å². The molecule has 0 aromatic carbocycles. The Balaban J connectivity index is -0.000000180. The van der Waals surface area contributed by atoms with Crippen LogP contribution in [0.1, 0.15) is 27.7 Å². The van der Waals surface area contributed by atoms with E-state index in [1.54, 1.807) is 0 Å². The minimum Gasteiger partial charge on any atom is -0.876 e. The van der Waals surface area contributed by atoms with E-state index in [4.69, 9.17) is 0 Å². The van der Waals surface area contributed by atoms with E-state index in [9.17, 15) is 19.8 Å². The Bertz CT molecular complexity index is 231. The molecule has 0 rings (SSSR count). The summed E-state index contributed by atoms with van der Waals surface area (Å²) in [6.07, 6.45) is 2.11. The predicted molar refractivity (Wildman–Crippen MR) is 54.6 cm³/mol. The second-order valence-electron chi connectivity index (χ2n) is 2.73. The average molecular weight is 207 g/mol. The van der Waals surface area contributed by atoms with Gasteiger partial charge < -0.3 is 10.2 Å². The number of carbonyl (C=O) groups excluding carboxylic acids is 2. The second kappa shape index (κ2) is 10.7. The van der Waals surface area contributed by atoms with Gasteiger partial charge in [0.25, 0.3) is 0 Å². The van der Waals surface area contributed by atoms with E-state index < -0.39 is 0 Å². The van der Waals surface area contributed by atoms with Crippen LogP contribution in [0.15, 0.2) is 23.7 Å². The van der Waals surface area contributed by atoms with Crippen LogP contribution >= 0.6 is 0 Å². The van der Waals surface area contributed by atoms with Crippen molar-refractivity contribution in [3.05, 3.63) is 23.7 Å². The summed E-state index contributed by atoms with van der Waals surface area (Å²) < 4.78 is 0. The normalized spacial score (nSPS) is 10.7. The molecule has 0 N–H and O–H groups in total. The van der Waals surface area contributed by atoms with Crippen molar-refractivity contribution in [2.24, 2.45) is 0 Å². The van der Waals surface area contributed by atoms with Crippen LogP contribution in [0.5, 0.6) is 0 Å². The molecule has 0 bridgehead atoms. The van der Waals surface area contributed by atoms with Gasteiger partial charge in [0, 0.05) is 0 Å². The third-order valence-electron chi connectivity index (χ3n) is 0.813. The van der Waals surface area contributed by atoms with Gasteiger partial charge in [-0.2, -0.15) is 0 Å². The van der Waals surface area contributed by atoms with Crippen molar-refractivity contribution in [2.75, 3.05) is 0 Å². The van der Waals surface area contributed by atoms with Crippen molar-refractivity contribution in [2.45, 2.75) is 27.7 Å². The van der Waals surface area contributed by atoms with Gasteiger partial charge in [0.2, 0.25) is 0 Å². The Labute approximate surface area is 93.5 Å². The molecule has 0 heterocycles. The standard InChI is InChI=1S/2C5H8O2.Be/c2*1-4(6)3-5(2)7;/h2*3,6H,1-2H3;/q;;+2/p-2. The summed E-state index contributed by atoms with van der Waals surface area (Å²) in [5.74, 6) is -0.750. The van der Waals surface area contributed by atoms with E-state index in [0.717, 1.165) is 12.2 Å². The number of allylic oxidation sites excluding steroid dienone is 4. The Morgan fingerprint density at radius 3 is 1.00 bits per heavy atom.